The van der Waals surface area contributed by atoms with Gasteiger partial charge in [0, 0.05) is 43.7 Å². The summed E-state index contributed by atoms with van der Waals surface area (Å²) < 4.78 is 0. The number of hydrogen-bond acceptors (Lipinski definition) is 0. The van der Waals surface area contributed by atoms with Crippen molar-refractivity contribution in [1.29, 1.82) is 0 Å². The molecule has 0 amide bonds. The molecule has 0 saturated heterocycles. The predicted octanol–water partition coefficient (Wildman–Crippen LogP) is 11.6. The van der Waals surface area contributed by atoms with E-state index in [9.17, 15) is 0 Å². The average Bonchev–Trinajstić information content (AvgIpc) is 3.67. The van der Waals surface area contributed by atoms with Crippen molar-refractivity contribution in [2.24, 2.45) is 0 Å². The zero-order chi connectivity index (χ0) is 29.0. The summed E-state index contributed by atoms with van der Waals surface area (Å²) in [4.78, 5) is 7.31. The van der Waals surface area contributed by atoms with Crippen LogP contribution in [0.4, 0.5) is 0 Å². The van der Waals surface area contributed by atoms with Crippen molar-refractivity contribution in [3.63, 3.8) is 0 Å². The van der Waals surface area contributed by atoms with Crippen LogP contribution in [0.15, 0.2) is 158 Å². The number of fused-ring (bicyclic) bond motifs is 6. The molecule has 9 aromatic rings. The Morgan fingerprint density at radius 2 is 0.568 bits per heavy atom. The molecule has 0 saturated carbocycles. The SMILES string of the molecule is c1ccc(-c2ccc(-c3cccc4c3[nH]c3ccccc34)cc2)c(-c2ccc(-c3cccc4c3[nH]c3ccccc34)cc2)c1. The van der Waals surface area contributed by atoms with Crippen LogP contribution in [0, 0.1) is 0 Å². The number of nitrogens with one attached hydrogen (secondary N) is 2. The van der Waals surface area contributed by atoms with Crippen LogP contribution in [0.5, 0.6) is 0 Å². The lowest BCUT2D eigenvalue weighted by Crippen LogP contribution is -1.87. The van der Waals surface area contributed by atoms with Gasteiger partial charge in [0.2, 0.25) is 0 Å². The minimum Gasteiger partial charge on any atom is -0.354 e. The molecule has 2 N–H and O–H groups in total. The summed E-state index contributed by atoms with van der Waals surface area (Å²) in [5.41, 5.74) is 14.4. The van der Waals surface area contributed by atoms with E-state index in [4.69, 9.17) is 0 Å². The van der Waals surface area contributed by atoms with Gasteiger partial charge in [-0.05, 0) is 45.5 Å². The van der Waals surface area contributed by atoms with Gasteiger partial charge in [-0.15, -0.1) is 0 Å². The molecular weight excluding hydrogens is 532 g/mol. The lowest BCUT2D eigenvalue weighted by Gasteiger charge is -2.12. The van der Waals surface area contributed by atoms with Crippen LogP contribution in [0.2, 0.25) is 0 Å². The van der Waals surface area contributed by atoms with Crippen molar-refractivity contribution in [2.75, 3.05) is 0 Å². The molecule has 2 heteroatoms. The van der Waals surface area contributed by atoms with E-state index in [-0.39, 0.29) is 0 Å². The normalized spacial score (nSPS) is 11.6. The van der Waals surface area contributed by atoms with Crippen LogP contribution in [-0.2, 0) is 0 Å². The van der Waals surface area contributed by atoms with E-state index in [0.717, 1.165) is 0 Å². The number of rotatable bonds is 4. The topological polar surface area (TPSA) is 31.6 Å². The summed E-state index contributed by atoms with van der Waals surface area (Å²) in [5, 5.41) is 5.05. The summed E-state index contributed by atoms with van der Waals surface area (Å²) in [6.07, 6.45) is 0. The number of para-hydroxylation sites is 4. The molecule has 2 nitrogen and oxygen atoms in total. The summed E-state index contributed by atoms with van der Waals surface area (Å²) in [6.45, 7) is 0. The molecule has 0 aliphatic heterocycles. The first kappa shape index (κ1) is 24.7. The second kappa shape index (κ2) is 9.86. The van der Waals surface area contributed by atoms with Gasteiger partial charge < -0.3 is 9.97 Å². The second-order valence-electron chi connectivity index (χ2n) is 11.5. The van der Waals surface area contributed by atoms with E-state index < -0.39 is 0 Å². The van der Waals surface area contributed by atoms with Crippen molar-refractivity contribution in [3.8, 4) is 44.5 Å². The maximum Gasteiger partial charge on any atom is 0.0544 e. The van der Waals surface area contributed by atoms with Crippen molar-refractivity contribution >= 4 is 43.6 Å². The molecule has 2 heterocycles. The third-order valence-electron chi connectivity index (χ3n) is 9.02. The number of benzene rings is 7. The third-order valence-corrected chi connectivity index (χ3v) is 9.02. The first-order valence-corrected chi connectivity index (χ1v) is 15.1. The van der Waals surface area contributed by atoms with Gasteiger partial charge in [0.1, 0.15) is 0 Å². The van der Waals surface area contributed by atoms with E-state index in [0.29, 0.717) is 0 Å². The molecule has 0 aliphatic rings. The Labute approximate surface area is 255 Å². The largest absolute Gasteiger partial charge is 0.354 e. The quantitative estimate of drug-likeness (QED) is 0.215. The van der Waals surface area contributed by atoms with E-state index in [1.54, 1.807) is 0 Å². The predicted molar refractivity (Wildman–Crippen MR) is 187 cm³/mol. The van der Waals surface area contributed by atoms with E-state index in [1.165, 1.54) is 88.1 Å². The van der Waals surface area contributed by atoms with Gasteiger partial charge in [0.25, 0.3) is 0 Å². The van der Waals surface area contributed by atoms with Crippen molar-refractivity contribution in [2.45, 2.75) is 0 Å². The van der Waals surface area contributed by atoms with Crippen LogP contribution in [0.25, 0.3) is 88.1 Å². The van der Waals surface area contributed by atoms with Gasteiger partial charge in [-0.3, -0.25) is 0 Å². The second-order valence-corrected chi connectivity index (χ2v) is 11.5. The zero-order valence-electron chi connectivity index (χ0n) is 24.0. The molecule has 9 rings (SSSR count). The van der Waals surface area contributed by atoms with Gasteiger partial charge in [-0.25, -0.2) is 0 Å². The highest BCUT2D eigenvalue weighted by Crippen LogP contribution is 2.38. The van der Waals surface area contributed by atoms with Crippen LogP contribution >= 0.6 is 0 Å². The maximum absolute atomic E-state index is 3.65. The average molecular weight is 561 g/mol. The Bertz CT molecular complexity index is 2300. The summed E-state index contributed by atoms with van der Waals surface area (Å²) >= 11 is 0. The Morgan fingerprint density at radius 1 is 0.250 bits per heavy atom. The van der Waals surface area contributed by atoms with Gasteiger partial charge >= 0.3 is 0 Å². The van der Waals surface area contributed by atoms with Gasteiger partial charge in [-0.2, -0.15) is 0 Å². The molecule has 0 aliphatic carbocycles. The van der Waals surface area contributed by atoms with Gasteiger partial charge in [0.05, 0.1) is 11.0 Å². The molecule has 7 aromatic carbocycles. The standard InChI is InChI=1S/C42H28N2/c1-2-10-32(28-21-25-30(26-22-28)34-14-8-16-38-36-12-4-6-18-40(36)44-42(34)38)31(9-1)27-19-23-29(24-20-27)33-13-7-15-37-35-11-3-5-17-39(35)43-41(33)37/h1-26,43-44H. The number of hydrogen-bond donors (Lipinski definition) is 2. The fourth-order valence-corrected chi connectivity index (χ4v) is 6.87. The summed E-state index contributed by atoms with van der Waals surface area (Å²) in [6, 6.07) is 56.9. The Hall–Kier alpha value is -5.86. The molecule has 0 fully saturated rings. The van der Waals surface area contributed by atoms with Crippen LogP contribution < -0.4 is 0 Å². The van der Waals surface area contributed by atoms with Crippen LogP contribution in [0.1, 0.15) is 0 Å². The van der Waals surface area contributed by atoms with Gasteiger partial charge in [-0.1, -0.05) is 146 Å². The number of H-pyrrole nitrogens is 2. The molecule has 2 aromatic heterocycles. The van der Waals surface area contributed by atoms with E-state index >= 15 is 0 Å². The maximum atomic E-state index is 3.65. The Morgan fingerprint density at radius 3 is 1.00 bits per heavy atom. The smallest absolute Gasteiger partial charge is 0.0544 e. The minimum absolute atomic E-state index is 1.17. The van der Waals surface area contributed by atoms with Crippen molar-refractivity contribution in [1.82, 2.24) is 9.97 Å². The first-order chi connectivity index (χ1) is 21.8. The fraction of sp³-hybridized carbons (Fsp3) is 0. The highest BCUT2D eigenvalue weighted by molar-refractivity contribution is 6.13. The molecule has 206 valence electrons. The number of aromatic nitrogens is 2. The Balaban J connectivity index is 1.07. The third kappa shape index (κ3) is 3.89. The highest BCUT2D eigenvalue weighted by atomic mass is 14.7. The van der Waals surface area contributed by atoms with Crippen molar-refractivity contribution < 1.29 is 0 Å². The molecule has 44 heavy (non-hydrogen) atoms. The fourth-order valence-electron chi connectivity index (χ4n) is 6.87. The summed E-state index contributed by atoms with van der Waals surface area (Å²) in [7, 11) is 0. The van der Waals surface area contributed by atoms with E-state index in [2.05, 4.69) is 168 Å². The van der Waals surface area contributed by atoms with Crippen LogP contribution in [0.3, 0.4) is 0 Å². The molecule has 0 bridgehead atoms. The molecule has 0 unspecified atom stereocenters. The first-order valence-electron chi connectivity index (χ1n) is 15.1. The lowest BCUT2D eigenvalue weighted by atomic mass is 9.92. The number of aromatic amines is 2. The summed E-state index contributed by atoms with van der Waals surface area (Å²) in [5.74, 6) is 0. The monoisotopic (exact) mass is 560 g/mol. The lowest BCUT2D eigenvalue weighted by molar-refractivity contribution is 1.53. The zero-order valence-corrected chi connectivity index (χ0v) is 24.0. The highest BCUT2D eigenvalue weighted by Gasteiger charge is 2.13. The van der Waals surface area contributed by atoms with E-state index in [1.807, 2.05) is 0 Å². The molecular formula is C42H28N2. The molecule has 0 atom stereocenters. The van der Waals surface area contributed by atoms with Crippen molar-refractivity contribution in [3.05, 3.63) is 158 Å². The molecule has 0 spiro atoms. The minimum atomic E-state index is 1.17. The van der Waals surface area contributed by atoms with Gasteiger partial charge in [0.15, 0.2) is 0 Å². The van der Waals surface area contributed by atoms with Crippen LogP contribution in [-0.4, -0.2) is 9.97 Å². The molecule has 0 radical (unpaired) electrons. The Kier molecular flexibility index (Phi) is 5.54.